The molecule has 5 heteroatoms. The van der Waals surface area contributed by atoms with E-state index in [1.165, 1.54) is 29.2 Å². The molecule has 1 N–H and O–H groups in total. The fourth-order valence-corrected chi connectivity index (χ4v) is 4.10. The lowest BCUT2D eigenvalue weighted by molar-refractivity contribution is 0.156. The minimum atomic E-state index is 0. The SMILES string of the molecule is CCNC(=NCc1cccc2ccccc12)N1CCC2(CCOC2)C1.I. The van der Waals surface area contributed by atoms with Crippen LogP contribution in [0.15, 0.2) is 47.5 Å². The maximum Gasteiger partial charge on any atom is 0.194 e. The van der Waals surface area contributed by atoms with Gasteiger partial charge in [-0.3, -0.25) is 0 Å². The fourth-order valence-electron chi connectivity index (χ4n) is 4.10. The lowest BCUT2D eigenvalue weighted by Gasteiger charge is -2.25. The van der Waals surface area contributed by atoms with Crippen molar-refractivity contribution in [3.8, 4) is 0 Å². The molecule has 1 spiro atoms. The predicted octanol–water partition coefficient (Wildman–Crippen LogP) is 4.04. The molecule has 2 aromatic carbocycles. The van der Waals surface area contributed by atoms with Crippen molar-refractivity contribution in [2.45, 2.75) is 26.3 Å². The summed E-state index contributed by atoms with van der Waals surface area (Å²) < 4.78 is 5.66. The maximum atomic E-state index is 5.66. The molecule has 0 radical (unpaired) electrons. The first-order chi connectivity index (χ1) is 12.3. The molecule has 2 fully saturated rings. The lowest BCUT2D eigenvalue weighted by atomic mass is 9.87. The van der Waals surface area contributed by atoms with Gasteiger partial charge in [0.1, 0.15) is 0 Å². The zero-order valence-electron chi connectivity index (χ0n) is 15.4. The standard InChI is InChI=1S/C21H27N3O.HI/c1-2-22-20(24-12-10-21(15-24)11-13-25-16-21)23-14-18-8-5-7-17-6-3-4-9-19(17)18;/h3-9H,2,10-16H2,1H3,(H,22,23);1H. The molecule has 140 valence electrons. The van der Waals surface area contributed by atoms with Gasteiger partial charge in [0, 0.05) is 31.7 Å². The Hall–Kier alpha value is -1.34. The van der Waals surface area contributed by atoms with E-state index in [4.69, 9.17) is 9.73 Å². The van der Waals surface area contributed by atoms with Gasteiger partial charge in [0.2, 0.25) is 0 Å². The molecule has 0 bridgehead atoms. The van der Waals surface area contributed by atoms with Crippen LogP contribution in [0.2, 0.25) is 0 Å². The first-order valence-electron chi connectivity index (χ1n) is 9.37. The average molecular weight is 465 g/mol. The first kappa shape index (κ1) is 19.4. The van der Waals surface area contributed by atoms with Crippen molar-refractivity contribution in [2.24, 2.45) is 10.4 Å². The number of fused-ring (bicyclic) bond motifs is 1. The first-order valence-corrected chi connectivity index (χ1v) is 9.37. The smallest absolute Gasteiger partial charge is 0.194 e. The van der Waals surface area contributed by atoms with Crippen molar-refractivity contribution in [1.82, 2.24) is 10.2 Å². The van der Waals surface area contributed by atoms with E-state index >= 15 is 0 Å². The minimum Gasteiger partial charge on any atom is -0.381 e. The number of guanidine groups is 1. The van der Waals surface area contributed by atoms with Crippen molar-refractivity contribution in [1.29, 1.82) is 0 Å². The molecule has 2 aromatic rings. The molecule has 0 aromatic heterocycles. The summed E-state index contributed by atoms with van der Waals surface area (Å²) >= 11 is 0. The van der Waals surface area contributed by atoms with Crippen LogP contribution < -0.4 is 5.32 Å². The summed E-state index contributed by atoms with van der Waals surface area (Å²) in [6.07, 6.45) is 2.40. The Bertz CT molecular complexity index is 765. The summed E-state index contributed by atoms with van der Waals surface area (Å²) in [7, 11) is 0. The molecule has 1 unspecified atom stereocenters. The number of benzene rings is 2. The van der Waals surface area contributed by atoms with E-state index in [-0.39, 0.29) is 24.0 Å². The van der Waals surface area contributed by atoms with Crippen LogP contribution in [0.25, 0.3) is 10.8 Å². The molecule has 26 heavy (non-hydrogen) atoms. The van der Waals surface area contributed by atoms with Gasteiger partial charge in [-0.2, -0.15) is 0 Å². The number of nitrogens with one attached hydrogen (secondary N) is 1. The average Bonchev–Trinajstić information content (AvgIpc) is 3.29. The van der Waals surface area contributed by atoms with E-state index in [0.717, 1.165) is 38.8 Å². The van der Waals surface area contributed by atoms with E-state index in [2.05, 4.69) is 59.6 Å². The molecule has 0 aliphatic carbocycles. The van der Waals surface area contributed by atoms with Gasteiger partial charge in [0.15, 0.2) is 5.96 Å². The molecule has 1 atom stereocenters. The molecular weight excluding hydrogens is 437 g/mol. The van der Waals surface area contributed by atoms with Crippen LogP contribution in [0, 0.1) is 5.41 Å². The number of halogens is 1. The molecule has 4 rings (SSSR count). The van der Waals surface area contributed by atoms with Crippen molar-refractivity contribution >= 4 is 40.7 Å². The summed E-state index contributed by atoms with van der Waals surface area (Å²) in [6, 6.07) is 15.0. The second kappa shape index (κ2) is 8.57. The van der Waals surface area contributed by atoms with Gasteiger partial charge in [0.05, 0.1) is 13.2 Å². The minimum absolute atomic E-state index is 0. The Morgan fingerprint density at radius 3 is 2.85 bits per heavy atom. The number of rotatable bonds is 3. The van der Waals surface area contributed by atoms with Gasteiger partial charge in [-0.25, -0.2) is 4.99 Å². The van der Waals surface area contributed by atoms with E-state index < -0.39 is 0 Å². The van der Waals surface area contributed by atoms with Crippen LogP contribution in [0.5, 0.6) is 0 Å². The van der Waals surface area contributed by atoms with Gasteiger partial charge in [-0.1, -0.05) is 42.5 Å². The van der Waals surface area contributed by atoms with Crippen molar-refractivity contribution in [3.05, 3.63) is 48.0 Å². The molecule has 0 saturated carbocycles. The molecule has 0 amide bonds. The van der Waals surface area contributed by atoms with Crippen molar-refractivity contribution < 1.29 is 4.74 Å². The summed E-state index contributed by atoms with van der Waals surface area (Å²) in [4.78, 5) is 7.38. The second-order valence-corrected chi connectivity index (χ2v) is 7.28. The highest BCUT2D eigenvalue weighted by Crippen LogP contribution is 2.38. The van der Waals surface area contributed by atoms with Gasteiger partial charge in [0.25, 0.3) is 0 Å². The number of hydrogen-bond donors (Lipinski definition) is 1. The summed E-state index contributed by atoms with van der Waals surface area (Å²) in [6.45, 7) is 7.71. The number of hydrogen-bond acceptors (Lipinski definition) is 2. The Balaban J connectivity index is 0.00000196. The largest absolute Gasteiger partial charge is 0.381 e. The highest BCUT2D eigenvalue weighted by Gasteiger charge is 2.42. The highest BCUT2D eigenvalue weighted by molar-refractivity contribution is 14.0. The highest BCUT2D eigenvalue weighted by atomic mass is 127. The van der Waals surface area contributed by atoms with E-state index in [9.17, 15) is 0 Å². The maximum absolute atomic E-state index is 5.66. The van der Waals surface area contributed by atoms with Crippen LogP contribution >= 0.6 is 24.0 Å². The number of likely N-dealkylation sites (tertiary alicyclic amines) is 1. The third kappa shape index (κ3) is 3.98. The van der Waals surface area contributed by atoms with Crippen LogP contribution in [-0.2, 0) is 11.3 Å². The molecule has 2 aliphatic heterocycles. The van der Waals surface area contributed by atoms with Gasteiger partial charge in [-0.15, -0.1) is 24.0 Å². The van der Waals surface area contributed by atoms with Gasteiger partial charge < -0.3 is 15.0 Å². The van der Waals surface area contributed by atoms with E-state index in [0.29, 0.717) is 12.0 Å². The second-order valence-electron chi connectivity index (χ2n) is 7.28. The molecule has 4 nitrogen and oxygen atoms in total. The summed E-state index contributed by atoms with van der Waals surface area (Å²) in [5, 5.41) is 6.06. The van der Waals surface area contributed by atoms with Gasteiger partial charge >= 0.3 is 0 Å². The Morgan fingerprint density at radius 1 is 1.19 bits per heavy atom. The van der Waals surface area contributed by atoms with Crippen LogP contribution in [0.3, 0.4) is 0 Å². The zero-order chi connectivity index (χ0) is 17.1. The normalized spacial score (nSPS) is 22.8. The van der Waals surface area contributed by atoms with Crippen molar-refractivity contribution in [3.63, 3.8) is 0 Å². The fraction of sp³-hybridized carbons (Fsp3) is 0.476. The Labute approximate surface area is 173 Å². The third-order valence-corrected chi connectivity index (χ3v) is 5.54. The lowest BCUT2D eigenvalue weighted by Crippen LogP contribution is -2.41. The third-order valence-electron chi connectivity index (χ3n) is 5.54. The van der Waals surface area contributed by atoms with Crippen LogP contribution in [0.1, 0.15) is 25.3 Å². The molecule has 2 heterocycles. The summed E-state index contributed by atoms with van der Waals surface area (Å²) in [5.41, 5.74) is 1.64. The van der Waals surface area contributed by atoms with Crippen molar-refractivity contribution in [2.75, 3.05) is 32.8 Å². The number of nitrogens with zero attached hydrogens (tertiary/aromatic N) is 2. The topological polar surface area (TPSA) is 36.9 Å². The zero-order valence-corrected chi connectivity index (χ0v) is 17.7. The predicted molar refractivity (Wildman–Crippen MR) is 118 cm³/mol. The summed E-state index contributed by atoms with van der Waals surface area (Å²) in [5.74, 6) is 1.04. The number of aliphatic imine (C=N–C) groups is 1. The van der Waals surface area contributed by atoms with Gasteiger partial charge in [-0.05, 0) is 36.1 Å². The quantitative estimate of drug-likeness (QED) is 0.423. The van der Waals surface area contributed by atoms with E-state index in [1.807, 2.05) is 0 Å². The van der Waals surface area contributed by atoms with Crippen LogP contribution in [-0.4, -0.2) is 43.7 Å². The molecule has 2 saturated heterocycles. The monoisotopic (exact) mass is 465 g/mol. The van der Waals surface area contributed by atoms with E-state index in [1.54, 1.807) is 0 Å². The molecule has 2 aliphatic rings. The Kier molecular flexibility index (Phi) is 6.40. The number of ether oxygens (including phenoxy) is 1. The van der Waals surface area contributed by atoms with Crippen LogP contribution in [0.4, 0.5) is 0 Å². The Morgan fingerprint density at radius 2 is 2.04 bits per heavy atom. The molecular formula is C21H28IN3O.